The summed E-state index contributed by atoms with van der Waals surface area (Å²) in [5, 5.41) is 14.7. The van der Waals surface area contributed by atoms with E-state index in [-0.39, 0.29) is 6.10 Å². The van der Waals surface area contributed by atoms with Crippen molar-refractivity contribution in [1.82, 2.24) is 35.2 Å². The lowest BCUT2D eigenvalue weighted by molar-refractivity contribution is -0.00805. The van der Waals surface area contributed by atoms with Gasteiger partial charge in [0, 0.05) is 31.9 Å². The molecule has 4 heterocycles. The van der Waals surface area contributed by atoms with Crippen molar-refractivity contribution in [2.75, 3.05) is 26.2 Å². The predicted octanol–water partition coefficient (Wildman–Crippen LogP) is 1.34. The number of H-pyrrole nitrogens is 1. The quantitative estimate of drug-likeness (QED) is 0.504. The molecule has 0 radical (unpaired) electrons. The molecule has 1 unspecified atom stereocenters. The summed E-state index contributed by atoms with van der Waals surface area (Å²) in [5.41, 5.74) is 1.07. The minimum Gasteiger partial charge on any atom is -0.461 e. The van der Waals surface area contributed by atoms with E-state index >= 15 is 0 Å². The monoisotopic (exact) mass is 384 g/mol. The molecule has 0 saturated carbocycles. The van der Waals surface area contributed by atoms with Gasteiger partial charge in [0.1, 0.15) is 18.5 Å². The predicted molar refractivity (Wildman–Crippen MR) is 102 cm³/mol. The van der Waals surface area contributed by atoms with Crippen LogP contribution in [0.15, 0.2) is 40.2 Å². The van der Waals surface area contributed by atoms with Crippen LogP contribution in [0.25, 0.3) is 11.6 Å². The number of hydrogen-bond acceptors (Lipinski definition) is 6. The molecule has 0 aliphatic carbocycles. The van der Waals surface area contributed by atoms with Crippen molar-refractivity contribution in [2.45, 2.75) is 19.6 Å². The van der Waals surface area contributed by atoms with E-state index in [9.17, 15) is 0 Å². The summed E-state index contributed by atoms with van der Waals surface area (Å²) >= 11 is 0. The number of furan rings is 1. The topological polar surface area (TPSA) is 109 Å². The second-order valence-electron chi connectivity index (χ2n) is 6.51. The highest BCUT2D eigenvalue weighted by atomic mass is 16.5. The van der Waals surface area contributed by atoms with Crippen molar-refractivity contribution in [2.24, 2.45) is 12.0 Å². The van der Waals surface area contributed by atoms with Crippen LogP contribution in [-0.2, 0) is 18.3 Å². The molecular formula is C18H24N8O2. The van der Waals surface area contributed by atoms with Gasteiger partial charge in [0.25, 0.3) is 0 Å². The summed E-state index contributed by atoms with van der Waals surface area (Å²) in [7, 11) is 1.91. The summed E-state index contributed by atoms with van der Waals surface area (Å²) in [6, 6.07) is 3.64. The summed E-state index contributed by atoms with van der Waals surface area (Å²) < 4.78 is 13.0. The van der Waals surface area contributed by atoms with Gasteiger partial charge in [0.15, 0.2) is 11.7 Å². The van der Waals surface area contributed by atoms with Crippen molar-refractivity contribution < 1.29 is 9.15 Å². The molecule has 28 heavy (non-hydrogen) atoms. The lowest BCUT2D eigenvalue weighted by atomic mass is 10.1. The Kier molecular flexibility index (Phi) is 5.38. The lowest BCUT2D eigenvalue weighted by Crippen LogP contribution is -2.48. The van der Waals surface area contributed by atoms with Crippen molar-refractivity contribution >= 4 is 5.96 Å². The van der Waals surface area contributed by atoms with Crippen LogP contribution in [0.5, 0.6) is 0 Å². The molecule has 1 fully saturated rings. The fraction of sp³-hybridized carbons (Fsp3) is 0.444. The first kappa shape index (κ1) is 18.2. The number of guanidine groups is 1. The van der Waals surface area contributed by atoms with Gasteiger partial charge >= 0.3 is 0 Å². The fourth-order valence-electron chi connectivity index (χ4n) is 3.11. The maximum absolute atomic E-state index is 5.93. The maximum Gasteiger partial charge on any atom is 0.216 e. The van der Waals surface area contributed by atoms with E-state index in [1.165, 1.54) is 0 Å². The van der Waals surface area contributed by atoms with Gasteiger partial charge in [-0.05, 0) is 19.1 Å². The molecular weight excluding hydrogens is 360 g/mol. The fourth-order valence-corrected chi connectivity index (χ4v) is 3.11. The van der Waals surface area contributed by atoms with Gasteiger partial charge in [0.05, 0.1) is 25.6 Å². The molecule has 0 aromatic carbocycles. The number of nitrogens with one attached hydrogen (secondary N) is 2. The third-order valence-electron chi connectivity index (χ3n) is 4.45. The summed E-state index contributed by atoms with van der Waals surface area (Å²) in [6.45, 7) is 5.35. The van der Waals surface area contributed by atoms with Crippen LogP contribution in [0, 0.1) is 0 Å². The normalized spacial score (nSPS) is 17.9. The van der Waals surface area contributed by atoms with Crippen molar-refractivity contribution in [3.63, 3.8) is 0 Å². The van der Waals surface area contributed by atoms with E-state index in [2.05, 4.69) is 37.4 Å². The van der Waals surface area contributed by atoms with Crippen molar-refractivity contribution in [1.29, 1.82) is 0 Å². The maximum atomic E-state index is 5.93. The molecule has 0 amide bonds. The van der Waals surface area contributed by atoms with Gasteiger partial charge in [-0.15, -0.1) is 5.10 Å². The molecule has 3 aromatic heterocycles. The van der Waals surface area contributed by atoms with Gasteiger partial charge in [-0.1, -0.05) is 0 Å². The van der Waals surface area contributed by atoms with E-state index in [0.29, 0.717) is 37.1 Å². The second kappa shape index (κ2) is 8.26. The minimum atomic E-state index is -0.0258. The Balaban J connectivity index is 1.45. The minimum absolute atomic E-state index is 0.0258. The number of aromatic nitrogens is 5. The zero-order chi connectivity index (χ0) is 19.3. The van der Waals surface area contributed by atoms with E-state index in [4.69, 9.17) is 14.1 Å². The standard InChI is InChI=1S/C18H24N8O2/c1-3-19-18(20-10-16-22-17(24-23-16)14-5-4-7-27-14)26-6-8-28-15(12-26)13-9-21-25(2)11-13/h4-5,7,9,11,15H,3,6,8,10,12H2,1-2H3,(H,19,20)(H,22,23,24). The Bertz CT molecular complexity index is 914. The summed E-state index contributed by atoms with van der Waals surface area (Å²) in [5.74, 6) is 2.67. The third-order valence-corrected chi connectivity index (χ3v) is 4.45. The number of morpholine rings is 1. The van der Waals surface area contributed by atoms with Gasteiger partial charge in [-0.25, -0.2) is 9.98 Å². The SMILES string of the molecule is CCNC(=NCc1nc(-c2ccco2)n[nH]1)N1CCOC(c2cnn(C)c2)C1. The smallest absolute Gasteiger partial charge is 0.216 e. The van der Waals surface area contributed by atoms with Crippen LogP contribution in [-0.4, -0.2) is 62.1 Å². The molecule has 1 aliphatic rings. The molecule has 0 spiro atoms. The molecule has 1 saturated heterocycles. The van der Waals surface area contributed by atoms with E-state index in [1.54, 1.807) is 10.9 Å². The first-order chi connectivity index (χ1) is 13.7. The van der Waals surface area contributed by atoms with E-state index < -0.39 is 0 Å². The number of ether oxygens (including phenoxy) is 1. The number of aromatic amines is 1. The average Bonchev–Trinajstić information content (AvgIpc) is 3.46. The molecule has 10 nitrogen and oxygen atoms in total. The van der Waals surface area contributed by atoms with Crippen LogP contribution in [0.3, 0.4) is 0 Å². The second-order valence-corrected chi connectivity index (χ2v) is 6.51. The molecule has 148 valence electrons. The zero-order valence-electron chi connectivity index (χ0n) is 16.0. The van der Waals surface area contributed by atoms with Crippen LogP contribution < -0.4 is 5.32 Å². The number of hydrogen-bond donors (Lipinski definition) is 2. The molecule has 10 heteroatoms. The van der Waals surface area contributed by atoms with Crippen molar-refractivity contribution in [3.8, 4) is 11.6 Å². The number of nitrogens with zero attached hydrogens (tertiary/aromatic N) is 6. The largest absolute Gasteiger partial charge is 0.461 e. The highest BCUT2D eigenvalue weighted by Crippen LogP contribution is 2.21. The Morgan fingerprint density at radius 1 is 1.46 bits per heavy atom. The van der Waals surface area contributed by atoms with Crippen LogP contribution in [0.4, 0.5) is 0 Å². The Morgan fingerprint density at radius 2 is 2.39 bits per heavy atom. The van der Waals surface area contributed by atoms with Gasteiger partial charge in [0.2, 0.25) is 5.82 Å². The van der Waals surface area contributed by atoms with E-state index in [0.717, 1.165) is 24.6 Å². The lowest BCUT2D eigenvalue weighted by Gasteiger charge is -2.34. The van der Waals surface area contributed by atoms with E-state index in [1.807, 2.05) is 31.6 Å². The Hall–Kier alpha value is -3.14. The molecule has 1 atom stereocenters. The number of aryl methyl sites for hydroxylation is 1. The highest BCUT2D eigenvalue weighted by Gasteiger charge is 2.25. The average molecular weight is 384 g/mol. The Labute approximate surface area is 162 Å². The Morgan fingerprint density at radius 3 is 3.14 bits per heavy atom. The first-order valence-electron chi connectivity index (χ1n) is 9.31. The van der Waals surface area contributed by atoms with Crippen LogP contribution >= 0.6 is 0 Å². The number of aliphatic imine (C=N–C) groups is 1. The molecule has 3 aromatic rings. The molecule has 4 rings (SSSR count). The van der Waals surface area contributed by atoms with Crippen molar-refractivity contribution in [3.05, 3.63) is 42.2 Å². The summed E-state index contributed by atoms with van der Waals surface area (Å²) in [6.07, 6.45) is 5.41. The zero-order valence-corrected chi connectivity index (χ0v) is 16.0. The first-order valence-corrected chi connectivity index (χ1v) is 9.31. The molecule has 2 N–H and O–H groups in total. The van der Waals surface area contributed by atoms with Gasteiger partial charge < -0.3 is 19.4 Å². The molecule has 1 aliphatic heterocycles. The van der Waals surface area contributed by atoms with Crippen LogP contribution in [0.1, 0.15) is 24.4 Å². The molecule has 0 bridgehead atoms. The highest BCUT2D eigenvalue weighted by molar-refractivity contribution is 5.80. The van der Waals surface area contributed by atoms with Gasteiger partial charge in [-0.3, -0.25) is 9.78 Å². The van der Waals surface area contributed by atoms with Gasteiger partial charge in [-0.2, -0.15) is 5.10 Å². The number of rotatable bonds is 5. The summed E-state index contributed by atoms with van der Waals surface area (Å²) in [4.78, 5) is 11.4. The van der Waals surface area contributed by atoms with Crippen LogP contribution in [0.2, 0.25) is 0 Å². The third kappa shape index (κ3) is 4.06.